The van der Waals surface area contributed by atoms with Crippen molar-refractivity contribution >= 4 is 49.4 Å². The second kappa shape index (κ2) is 4.15. The predicted molar refractivity (Wildman–Crippen MR) is 97.5 cm³/mol. The van der Waals surface area contributed by atoms with Gasteiger partial charge in [0.25, 0.3) is 0 Å². The van der Waals surface area contributed by atoms with E-state index < -0.39 is 0 Å². The number of hydrogen-bond acceptors (Lipinski definition) is 2. The van der Waals surface area contributed by atoms with Crippen LogP contribution in [0, 0.1) is 0 Å². The second-order valence-electron chi connectivity index (χ2n) is 6.11. The van der Waals surface area contributed by atoms with Crippen LogP contribution in [-0.4, -0.2) is 9.38 Å². The quantitative estimate of drug-likeness (QED) is 0.272. The number of hydrogen-bond donors (Lipinski definition) is 0. The molecule has 3 aromatic heterocycles. The van der Waals surface area contributed by atoms with E-state index in [9.17, 15) is 0 Å². The molecule has 0 fully saturated rings. The molecule has 0 N–H and O–H groups in total. The van der Waals surface area contributed by atoms with Crippen LogP contribution in [0.4, 0.5) is 0 Å². The Morgan fingerprint density at radius 3 is 2.50 bits per heavy atom. The molecule has 0 saturated heterocycles. The minimum atomic E-state index is 0.875. The van der Waals surface area contributed by atoms with Gasteiger partial charge in [-0.25, -0.2) is 4.98 Å². The van der Waals surface area contributed by atoms with Gasteiger partial charge < -0.3 is 8.82 Å². The molecule has 0 unspecified atom stereocenters. The van der Waals surface area contributed by atoms with Gasteiger partial charge in [0, 0.05) is 22.4 Å². The lowest BCUT2D eigenvalue weighted by molar-refractivity contribution is 0.655. The lowest BCUT2D eigenvalue weighted by atomic mass is 10.1. The molecule has 112 valence electrons. The van der Waals surface area contributed by atoms with E-state index in [-0.39, 0.29) is 0 Å². The first kappa shape index (κ1) is 12.1. The molecule has 0 aliphatic carbocycles. The SMILES string of the molecule is c1ccc2c(c1)nc1c2cn2c3ccccc3oc3cccc1c32. The zero-order chi connectivity index (χ0) is 15.7. The second-order valence-corrected chi connectivity index (χ2v) is 6.11. The molecule has 3 nitrogen and oxygen atoms in total. The first-order valence-corrected chi connectivity index (χ1v) is 8.00. The molecule has 0 saturated carbocycles. The molecular weight excluding hydrogens is 296 g/mol. The van der Waals surface area contributed by atoms with Gasteiger partial charge in [-0.2, -0.15) is 0 Å². The summed E-state index contributed by atoms with van der Waals surface area (Å²) in [7, 11) is 0. The highest BCUT2D eigenvalue weighted by atomic mass is 16.3. The largest absolute Gasteiger partial charge is 0.453 e. The third kappa shape index (κ3) is 1.39. The summed E-state index contributed by atoms with van der Waals surface area (Å²) in [5.41, 5.74) is 5.96. The lowest BCUT2D eigenvalue weighted by Crippen LogP contribution is -1.94. The smallest absolute Gasteiger partial charge is 0.152 e. The van der Waals surface area contributed by atoms with Crippen LogP contribution in [-0.2, 0) is 0 Å². The number of para-hydroxylation sites is 4. The van der Waals surface area contributed by atoms with Crippen molar-refractivity contribution in [1.82, 2.24) is 9.38 Å². The van der Waals surface area contributed by atoms with Crippen LogP contribution in [0.25, 0.3) is 49.4 Å². The van der Waals surface area contributed by atoms with Gasteiger partial charge in [-0.3, -0.25) is 0 Å². The number of pyridine rings is 1. The van der Waals surface area contributed by atoms with Crippen LogP contribution in [0.5, 0.6) is 0 Å². The molecule has 0 bridgehead atoms. The highest BCUT2D eigenvalue weighted by Crippen LogP contribution is 2.35. The zero-order valence-electron chi connectivity index (χ0n) is 12.7. The van der Waals surface area contributed by atoms with E-state index in [4.69, 9.17) is 9.40 Å². The minimum Gasteiger partial charge on any atom is -0.453 e. The van der Waals surface area contributed by atoms with E-state index in [0.717, 1.165) is 38.6 Å². The summed E-state index contributed by atoms with van der Waals surface area (Å²) < 4.78 is 8.36. The van der Waals surface area contributed by atoms with Crippen molar-refractivity contribution in [2.45, 2.75) is 0 Å². The molecule has 0 radical (unpaired) electrons. The Balaban J connectivity index is 2.02. The van der Waals surface area contributed by atoms with E-state index in [0.29, 0.717) is 0 Å². The Hall–Kier alpha value is -3.33. The summed E-state index contributed by atoms with van der Waals surface area (Å²) in [5, 5.41) is 3.48. The Bertz CT molecular complexity index is 1410. The molecular formula is C21H12N2O. The summed E-state index contributed by atoms with van der Waals surface area (Å²) in [6.45, 7) is 0. The normalized spacial score (nSPS) is 12.2. The molecule has 24 heavy (non-hydrogen) atoms. The molecule has 6 rings (SSSR count). The van der Waals surface area contributed by atoms with Crippen molar-refractivity contribution in [2.24, 2.45) is 0 Å². The summed E-state index contributed by atoms with van der Waals surface area (Å²) in [6.07, 6.45) is 2.19. The number of benzene rings is 3. The van der Waals surface area contributed by atoms with E-state index in [1.807, 2.05) is 36.4 Å². The summed E-state index contributed by atoms with van der Waals surface area (Å²) in [5.74, 6) is 0. The molecule has 0 amide bonds. The maximum absolute atomic E-state index is 6.12. The van der Waals surface area contributed by atoms with Crippen LogP contribution in [0.15, 0.2) is 77.3 Å². The molecule has 0 atom stereocenters. The Kier molecular flexibility index (Phi) is 2.10. The van der Waals surface area contributed by atoms with Crippen LogP contribution in [0.2, 0.25) is 0 Å². The molecule has 0 spiro atoms. The number of rotatable bonds is 0. The van der Waals surface area contributed by atoms with Crippen LogP contribution < -0.4 is 0 Å². The van der Waals surface area contributed by atoms with Gasteiger partial charge in [-0.15, -0.1) is 0 Å². The van der Waals surface area contributed by atoms with Crippen molar-refractivity contribution in [3.63, 3.8) is 0 Å². The Morgan fingerprint density at radius 1 is 0.708 bits per heavy atom. The fourth-order valence-corrected chi connectivity index (χ4v) is 3.73. The highest BCUT2D eigenvalue weighted by Gasteiger charge is 2.14. The summed E-state index contributed by atoms with van der Waals surface area (Å²) >= 11 is 0. The van der Waals surface area contributed by atoms with Gasteiger partial charge in [0.05, 0.1) is 22.1 Å². The fourth-order valence-electron chi connectivity index (χ4n) is 3.73. The average molecular weight is 308 g/mol. The predicted octanol–water partition coefficient (Wildman–Crippen LogP) is 5.54. The topological polar surface area (TPSA) is 30.4 Å². The third-order valence-electron chi connectivity index (χ3n) is 4.78. The summed E-state index contributed by atoms with van der Waals surface area (Å²) in [4.78, 5) is 4.87. The van der Waals surface area contributed by atoms with Crippen molar-refractivity contribution in [2.75, 3.05) is 0 Å². The first-order chi connectivity index (χ1) is 11.9. The van der Waals surface area contributed by atoms with Gasteiger partial charge in [-0.05, 0) is 24.3 Å². The minimum absolute atomic E-state index is 0.875. The average Bonchev–Trinajstić information content (AvgIpc) is 3.01. The standard InChI is InChI=1S/C21H12N2O/c1-2-8-16-13(6-1)15-12-23-17-9-3-4-10-18(17)24-19-11-5-7-14(21(19)23)20(15)22-16/h1-12H. The van der Waals surface area contributed by atoms with Crippen LogP contribution >= 0.6 is 0 Å². The fraction of sp³-hybridized carbons (Fsp3) is 0. The number of fused-ring (bicyclic) bond motifs is 6. The van der Waals surface area contributed by atoms with E-state index in [2.05, 4.69) is 40.9 Å². The number of aromatic nitrogens is 2. The van der Waals surface area contributed by atoms with E-state index >= 15 is 0 Å². The highest BCUT2D eigenvalue weighted by molar-refractivity contribution is 6.18. The van der Waals surface area contributed by atoms with E-state index in [1.165, 1.54) is 10.8 Å². The maximum atomic E-state index is 6.12. The van der Waals surface area contributed by atoms with Gasteiger partial charge in [-0.1, -0.05) is 42.5 Å². The first-order valence-electron chi connectivity index (χ1n) is 8.00. The Labute approximate surface area is 136 Å². The van der Waals surface area contributed by atoms with Gasteiger partial charge in [0.15, 0.2) is 11.2 Å². The maximum Gasteiger partial charge on any atom is 0.152 e. The Morgan fingerprint density at radius 2 is 1.50 bits per heavy atom. The number of nitrogens with zero attached hydrogens (tertiary/aromatic N) is 2. The lowest BCUT2D eigenvalue weighted by Gasteiger charge is -2.11. The molecule has 3 heteroatoms. The van der Waals surface area contributed by atoms with Gasteiger partial charge in [0.1, 0.15) is 0 Å². The molecule has 3 heterocycles. The van der Waals surface area contributed by atoms with Crippen LogP contribution in [0.1, 0.15) is 0 Å². The van der Waals surface area contributed by atoms with Crippen molar-refractivity contribution in [3.05, 3.63) is 72.9 Å². The monoisotopic (exact) mass is 308 g/mol. The zero-order valence-corrected chi connectivity index (χ0v) is 12.7. The molecule has 3 aromatic carbocycles. The van der Waals surface area contributed by atoms with Crippen molar-refractivity contribution in [3.8, 4) is 0 Å². The third-order valence-corrected chi connectivity index (χ3v) is 4.78. The van der Waals surface area contributed by atoms with E-state index in [1.54, 1.807) is 0 Å². The van der Waals surface area contributed by atoms with Crippen LogP contribution in [0.3, 0.4) is 0 Å². The van der Waals surface area contributed by atoms with Crippen molar-refractivity contribution in [1.29, 1.82) is 0 Å². The molecule has 6 aromatic rings. The van der Waals surface area contributed by atoms with Gasteiger partial charge >= 0.3 is 0 Å². The van der Waals surface area contributed by atoms with Crippen molar-refractivity contribution < 1.29 is 4.42 Å². The summed E-state index contributed by atoms with van der Waals surface area (Å²) in [6, 6.07) is 22.6. The molecule has 0 aliphatic heterocycles. The molecule has 0 aliphatic rings. The van der Waals surface area contributed by atoms with Gasteiger partial charge in [0.2, 0.25) is 0 Å².